The summed E-state index contributed by atoms with van der Waals surface area (Å²) in [5.74, 6) is 0. The van der Waals surface area contributed by atoms with Gasteiger partial charge in [0.25, 0.3) is 0 Å². The van der Waals surface area contributed by atoms with Crippen LogP contribution < -0.4 is 5.32 Å². The van der Waals surface area contributed by atoms with Gasteiger partial charge in [-0.1, -0.05) is 18.2 Å². The summed E-state index contributed by atoms with van der Waals surface area (Å²) in [6.07, 6.45) is 5.36. The number of anilines is 1. The maximum atomic E-state index is 9.23. The number of hydrogen-bond acceptors (Lipinski definition) is 4. The van der Waals surface area contributed by atoms with Crippen LogP contribution in [-0.4, -0.2) is 14.8 Å². The van der Waals surface area contributed by atoms with Crippen LogP contribution in [0.2, 0.25) is 0 Å². The lowest BCUT2D eigenvalue weighted by molar-refractivity contribution is 0.767. The van der Waals surface area contributed by atoms with Crippen molar-refractivity contribution in [2.45, 2.75) is 6.54 Å². The Hall–Kier alpha value is -2.87. The molecule has 0 unspecified atom stereocenters. The molecule has 0 atom stereocenters. The number of fused-ring (bicyclic) bond motifs is 1. The number of benzene rings is 1. The smallest absolute Gasteiger partial charge is 0.103 e. The lowest BCUT2D eigenvalue weighted by Crippen LogP contribution is -2.02. The summed E-state index contributed by atoms with van der Waals surface area (Å²) in [5, 5.41) is 17.6. The molecule has 1 N–H and O–H groups in total. The van der Waals surface area contributed by atoms with E-state index in [1.54, 1.807) is 10.9 Å². The Kier molecular flexibility index (Phi) is 3.05. The van der Waals surface area contributed by atoms with E-state index in [1.807, 2.05) is 43.7 Å². The SMILES string of the molecule is Cn1cc(CNc2c(C#N)cnc3ccccc23)cn1. The van der Waals surface area contributed by atoms with E-state index >= 15 is 0 Å². The Balaban J connectivity index is 1.98. The predicted molar refractivity (Wildman–Crippen MR) is 77.0 cm³/mol. The molecule has 2 heterocycles. The van der Waals surface area contributed by atoms with Crippen LogP contribution in [0.1, 0.15) is 11.1 Å². The molecule has 3 aromatic rings. The highest BCUT2D eigenvalue weighted by Gasteiger charge is 2.08. The van der Waals surface area contributed by atoms with Crippen molar-refractivity contribution in [3.05, 3.63) is 54.0 Å². The summed E-state index contributed by atoms with van der Waals surface area (Å²) in [6.45, 7) is 0.622. The molecule has 3 rings (SSSR count). The van der Waals surface area contributed by atoms with E-state index < -0.39 is 0 Å². The molecule has 0 spiro atoms. The average molecular weight is 263 g/mol. The summed E-state index contributed by atoms with van der Waals surface area (Å²) < 4.78 is 1.76. The Bertz CT molecular complexity index is 797. The summed E-state index contributed by atoms with van der Waals surface area (Å²) in [5.41, 5.74) is 3.31. The van der Waals surface area contributed by atoms with Crippen LogP contribution in [0.15, 0.2) is 42.9 Å². The van der Waals surface area contributed by atoms with Crippen LogP contribution in [0.25, 0.3) is 10.9 Å². The highest BCUT2D eigenvalue weighted by molar-refractivity contribution is 5.93. The summed E-state index contributed by atoms with van der Waals surface area (Å²) in [7, 11) is 1.88. The first-order valence-corrected chi connectivity index (χ1v) is 6.27. The van der Waals surface area contributed by atoms with Gasteiger partial charge in [-0.15, -0.1) is 0 Å². The van der Waals surface area contributed by atoms with Crippen LogP contribution in [0.4, 0.5) is 5.69 Å². The molecule has 0 amide bonds. The minimum Gasteiger partial charge on any atom is -0.379 e. The lowest BCUT2D eigenvalue weighted by Gasteiger charge is -2.10. The molecule has 0 saturated carbocycles. The monoisotopic (exact) mass is 263 g/mol. The maximum absolute atomic E-state index is 9.23. The molecule has 0 bridgehead atoms. The zero-order valence-corrected chi connectivity index (χ0v) is 11.0. The van der Waals surface area contributed by atoms with Crippen molar-refractivity contribution in [1.82, 2.24) is 14.8 Å². The van der Waals surface area contributed by atoms with Crippen molar-refractivity contribution in [2.75, 3.05) is 5.32 Å². The van der Waals surface area contributed by atoms with Gasteiger partial charge in [0.2, 0.25) is 0 Å². The second-order valence-electron chi connectivity index (χ2n) is 4.55. The molecule has 0 aliphatic carbocycles. The fraction of sp³-hybridized carbons (Fsp3) is 0.133. The third-order valence-corrected chi connectivity index (χ3v) is 3.12. The Labute approximate surface area is 116 Å². The van der Waals surface area contributed by atoms with Crippen LogP contribution in [0.3, 0.4) is 0 Å². The zero-order chi connectivity index (χ0) is 13.9. The van der Waals surface area contributed by atoms with Crippen LogP contribution in [0, 0.1) is 11.3 Å². The van der Waals surface area contributed by atoms with E-state index in [0.717, 1.165) is 22.2 Å². The van der Waals surface area contributed by atoms with Gasteiger partial charge in [-0.3, -0.25) is 9.67 Å². The molecule has 0 radical (unpaired) electrons. The van der Waals surface area contributed by atoms with E-state index in [0.29, 0.717) is 12.1 Å². The van der Waals surface area contributed by atoms with Crippen LogP contribution >= 0.6 is 0 Å². The molecule has 2 aromatic heterocycles. The third kappa shape index (κ3) is 2.19. The van der Waals surface area contributed by atoms with Crippen molar-refractivity contribution in [1.29, 1.82) is 5.26 Å². The minimum absolute atomic E-state index is 0.549. The molecular weight excluding hydrogens is 250 g/mol. The van der Waals surface area contributed by atoms with E-state index in [2.05, 4.69) is 21.5 Å². The Morgan fingerprint density at radius 1 is 1.30 bits per heavy atom. The van der Waals surface area contributed by atoms with Gasteiger partial charge in [0.1, 0.15) is 6.07 Å². The molecule has 5 heteroatoms. The number of hydrogen-bond donors (Lipinski definition) is 1. The van der Waals surface area contributed by atoms with Gasteiger partial charge in [0, 0.05) is 36.9 Å². The highest BCUT2D eigenvalue weighted by atomic mass is 15.2. The molecule has 1 aromatic carbocycles. The fourth-order valence-corrected chi connectivity index (χ4v) is 2.17. The van der Waals surface area contributed by atoms with Gasteiger partial charge >= 0.3 is 0 Å². The van der Waals surface area contributed by atoms with E-state index in [9.17, 15) is 5.26 Å². The molecular formula is C15H13N5. The predicted octanol–water partition coefficient (Wildman–Crippen LogP) is 2.45. The first-order valence-electron chi connectivity index (χ1n) is 6.27. The van der Waals surface area contributed by atoms with Gasteiger partial charge < -0.3 is 5.32 Å². The number of nitrogens with one attached hydrogen (secondary N) is 1. The van der Waals surface area contributed by atoms with Gasteiger partial charge in [-0.05, 0) is 6.07 Å². The van der Waals surface area contributed by atoms with Gasteiger partial charge in [0.15, 0.2) is 0 Å². The third-order valence-electron chi connectivity index (χ3n) is 3.12. The second kappa shape index (κ2) is 5.02. The summed E-state index contributed by atoms with van der Waals surface area (Å²) >= 11 is 0. The fourth-order valence-electron chi connectivity index (χ4n) is 2.17. The first-order chi connectivity index (χ1) is 9.78. The number of para-hydroxylation sites is 1. The first kappa shape index (κ1) is 12.2. The summed E-state index contributed by atoms with van der Waals surface area (Å²) in [6, 6.07) is 9.97. The molecule has 0 fully saturated rings. The molecule has 0 saturated heterocycles. The molecule has 0 aliphatic rings. The Morgan fingerprint density at radius 3 is 2.90 bits per heavy atom. The number of aryl methyl sites for hydroxylation is 1. The normalized spacial score (nSPS) is 10.4. The van der Waals surface area contributed by atoms with Crippen LogP contribution in [-0.2, 0) is 13.6 Å². The van der Waals surface area contributed by atoms with Crippen molar-refractivity contribution in [3.63, 3.8) is 0 Å². The second-order valence-corrected chi connectivity index (χ2v) is 4.55. The topological polar surface area (TPSA) is 66.5 Å². The maximum Gasteiger partial charge on any atom is 0.103 e. The number of rotatable bonds is 3. The lowest BCUT2D eigenvalue weighted by atomic mass is 10.1. The molecule has 98 valence electrons. The van der Waals surface area contributed by atoms with Crippen molar-refractivity contribution >= 4 is 16.6 Å². The minimum atomic E-state index is 0.549. The van der Waals surface area contributed by atoms with Crippen molar-refractivity contribution in [3.8, 4) is 6.07 Å². The quantitative estimate of drug-likeness (QED) is 0.788. The zero-order valence-electron chi connectivity index (χ0n) is 11.0. The van der Waals surface area contributed by atoms with E-state index in [1.165, 1.54) is 0 Å². The number of nitrogens with zero attached hydrogens (tertiary/aromatic N) is 4. The van der Waals surface area contributed by atoms with Crippen molar-refractivity contribution < 1.29 is 0 Å². The molecule has 5 nitrogen and oxygen atoms in total. The summed E-state index contributed by atoms with van der Waals surface area (Å²) in [4.78, 5) is 4.29. The van der Waals surface area contributed by atoms with E-state index in [-0.39, 0.29) is 0 Å². The van der Waals surface area contributed by atoms with Crippen molar-refractivity contribution in [2.24, 2.45) is 7.05 Å². The number of nitriles is 1. The van der Waals surface area contributed by atoms with Gasteiger partial charge in [-0.2, -0.15) is 10.4 Å². The Morgan fingerprint density at radius 2 is 2.15 bits per heavy atom. The molecule has 0 aliphatic heterocycles. The largest absolute Gasteiger partial charge is 0.379 e. The standard InChI is InChI=1S/C15H13N5/c1-20-10-11(8-19-20)7-18-15-12(6-16)9-17-14-5-3-2-4-13(14)15/h2-5,8-10H,7H2,1H3,(H,17,18). The average Bonchev–Trinajstić information content (AvgIpc) is 2.90. The highest BCUT2D eigenvalue weighted by Crippen LogP contribution is 2.25. The van der Waals surface area contributed by atoms with Gasteiger partial charge in [-0.25, -0.2) is 0 Å². The molecule has 20 heavy (non-hydrogen) atoms. The van der Waals surface area contributed by atoms with Crippen LogP contribution in [0.5, 0.6) is 0 Å². The van der Waals surface area contributed by atoms with E-state index in [4.69, 9.17) is 0 Å². The number of aromatic nitrogens is 3. The van der Waals surface area contributed by atoms with Gasteiger partial charge in [0.05, 0.1) is 23.0 Å². The number of pyridine rings is 1.